The lowest BCUT2D eigenvalue weighted by atomic mass is 9.87. The topological polar surface area (TPSA) is 129 Å². The molecule has 0 fully saturated rings. The molecule has 3 aromatic carbocycles. The van der Waals surface area contributed by atoms with Gasteiger partial charge in [0.05, 0.1) is 36.4 Å². The number of hydrogen-bond acceptors (Lipinski definition) is 7. The minimum atomic E-state index is -1.32. The zero-order valence-corrected chi connectivity index (χ0v) is 25.7. The standard InChI is InChI=1S/C32H34FIN2O7/c1-42-28-14-21(19-38)13-25(34)31(28)43-27-17-23(32(41)35-11-12-37)16-26(30(27)40)36(18-22-9-5-6-10-24(22)33)29(39)15-20-7-3-2-4-8-20/h2-10,13-14,17,26-27,30,37-38,40H,11-12,15-16,18-19H2,1H3,(H,35,41)/t26-,27+,30+/m1/s1. The number of aliphatic hydroxyl groups is 3. The average molecular weight is 705 g/mol. The number of carbonyl (C=O) groups is 2. The number of halogens is 2. The first-order valence-corrected chi connectivity index (χ1v) is 14.8. The molecule has 0 aliphatic heterocycles. The molecule has 0 heterocycles. The second kappa shape index (κ2) is 15.3. The highest BCUT2D eigenvalue weighted by atomic mass is 127. The molecule has 0 bridgehead atoms. The van der Waals surface area contributed by atoms with E-state index in [-0.39, 0.29) is 61.9 Å². The number of methoxy groups -OCH3 is 1. The Bertz CT molecular complexity index is 1450. The molecular weight excluding hydrogens is 670 g/mol. The summed E-state index contributed by atoms with van der Waals surface area (Å²) in [6.07, 6.45) is -0.978. The van der Waals surface area contributed by atoms with Crippen molar-refractivity contribution < 1.29 is 38.8 Å². The van der Waals surface area contributed by atoms with Crippen molar-refractivity contribution in [3.63, 3.8) is 0 Å². The predicted molar refractivity (Wildman–Crippen MR) is 166 cm³/mol. The summed E-state index contributed by atoms with van der Waals surface area (Å²) < 4.78 is 27.2. The molecule has 3 aromatic rings. The minimum absolute atomic E-state index is 0.00582. The molecule has 0 saturated heterocycles. The van der Waals surface area contributed by atoms with Gasteiger partial charge in [-0.3, -0.25) is 9.59 Å². The zero-order valence-electron chi connectivity index (χ0n) is 23.6. The summed E-state index contributed by atoms with van der Waals surface area (Å²) in [6.45, 7) is -0.629. The normalized spacial score (nSPS) is 18.0. The maximum absolute atomic E-state index is 14.8. The van der Waals surface area contributed by atoms with Crippen LogP contribution < -0.4 is 14.8 Å². The van der Waals surface area contributed by atoms with Gasteiger partial charge in [-0.05, 0) is 58.0 Å². The first-order valence-electron chi connectivity index (χ1n) is 13.7. The number of amides is 2. The van der Waals surface area contributed by atoms with Gasteiger partial charge < -0.3 is 35.0 Å². The average Bonchev–Trinajstić information content (AvgIpc) is 3.01. The van der Waals surface area contributed by atoms with E-state index in [1.165, 1.54) is 24.2 Å². The summed E-state index contributed by atoms with van der Waals surface area (Å²) in [5.41, 5.74) is 1.83. The fourth-order valence-electron chi connectivity index (χ4n) is 4.97. The number of aliphatic hydroxyl groups excluding tert-OH is 3. The molecule has 3 atom stereocenters. The largest absolute Gasteiger partial charge is 0.493 e. The molecule has 1 aliphatic carbocycles. The van der Waals surface area contributed by atoms with Crippen molar-refractivity contribution in [1.82, 2.24) is 10.2 Å². The van der Waals surface area contributed by atoms with Crippen LogP contribution in [0, 0.1) is 9.39 Å². The number of ether oxygens (including phenoxy) is 2. The van der Waals surface area contributed by atoms with Crippen LogP contribution in [0.4, 0.5) is 4.39 Å². The molecule has 0 unspecified atom stereocenters. The monoisotopic (exact) mass is 704 g/mol. The fraction of sp³-hybridized carbons (Fsp3) is 0.312. The summed E-state index contributed by atoms with van der Waals surface area (Å²) in [4.78, 5) is 28.4. The summed E-state index contributed by atoms with van der Waals surface area (Å²) in [7, 11) is 1.45. The molecular formula is C32H34FIN2O7. The van der Waals surface area contributed by atoms with E-state index < -0.39 is 30.0 Å². The van der Waals surface area contributed by atoms with E-state index >= 15 is 0 Å². The van der Waals surface area contributed by atoms with Crippen LogP contribution in [0.2, 0.25) is 0 Å². The van der Waals surface area contributed by atoms with Crippen LogP contribution in [-0.2, 0) is 29.2 Å². The van der Waals surface area contributed by atoms with Crippen LogP contribution in [0.15, 0.2) is 78.4 Å². The quantitative estimate of drug-likeness (QED) is 0.214. The van der Waals surface area contributed by atoms with Crippen LogP contribution >= 0.6 is 22.6 Å². The summed E-state index contributed by atoms with van der Waals surface area (Å²) in [6, 6.07) is 17.5. The number of nitrogens with one attached hydrogen (secondary N) is 1. The van der Waals surface area contributed by atoms with E-state index in [1.54, 1.807) is 42.5 Å². The molecule has 2 amide bonds. The third-order valence-corrected chi connectivity index (χ3v) is 7.96. The van der Waals surface area contributed by atoms with Crippen molar-refractivity contribution in [3.05, 3.63) is 104 Å². The Morgan fingerprint density at radius 1 is 1.07 bits per heavy atom. The lowest BCUT2D eigenvalue weighted by Gasteiger charge is -2.41. The number of rotatable bonds is 12. The van der Waals surface area contributed by atoms with E-state index in [0.29, 0.717) is 14.9 Å². The Morgan fingerprint density at radius 2 is 1.79 bits per heavy atom. The third-order valence-electron chi connectivity index (χ3n) is 7.16. The van der Waals surface area contributed by atoms with Crippen LogP contribution in [0.5, 0.6) is 11.5 Å². The van der Waals surface area contributed by atoms with Crippen LogP contribution in [0.25, 0.3) is 0 Å². The summed E-state index contributed by atoms with van der Waals surface area (Å²) >= 11 is 2.03. The molecule has 9 nitrogen and oxygen atoms in total. The molecule has 0 saturated carbocycles. The van der Waals surface area contributed by atoms with Crippen molar-refractivity contribution in [2.45, 2.75) is 44.2 Å². The lowest BCUT2D eigenvalue weighted by molar-refractivity contribution is -0.138. The summed E-state index contributed by atoms with van der Waals surface area (Å²) in [5.74, 6) is -0.759. The molecule has 4 rings (SSSR count). The molecule has 4 N–H and O–H groups in total. The van der Waals surface area contributed by atoms with E-state index in [0.717, 1.165) is 5.56 Å². The number of hydrogen-bond donors (Lipinski definition) is 4. The Hall–Kier alpha value is -3.52. The van der Waals surface area contributed by atoms with E-state index in [9.17, 15) is 29.3 Å². The third kappa shape index (κ3) is 8.11. The second-order valence-corrected chi connectivity index (χ2v) is 11.2. The van der Waals surface area contributed by atoms with Gasteiger partial charge in [0.2, 0.25) is 11.8 Å². The van der Waals surface area contributed by atoms with Crippen LogP contribution in [0.1, 0.15) is 23.1 Å². The van der Waals surface area contributed by atoms with Gasteiger partial charge in [0.15, 0.2) is 11.5 Å². The molecule has 228 valence electrons. The Kier molecular flexibility index (Phi) is 11.5. The predicted octanol–water partition coefficient (Wildman–Crippen LogP) is 3.12. The van der Waals surface area contributed by atoms with Crippen molar-refractivity contribution >= 4 is 34.4 Å². The maximum atomic E-state index is 14.8. The lowest BCUT2D eigenvalue weighted by Crippen LogP contribution is -2.55. The number of benzene rings is 3. The van der Waals surface area contributed by atoms with Gasteiger partial charge >= 0.3 is 0 Å². The molecule has 43 heavy (non-hydrogen) atoms. The first-order chi connectivity index (χ1) is 20.7. The van der Waals surface area contributed by atoms with Gasteiger partial charge in [-0.15, -0.1) is 0 Å². The Morgan fingerprint density at radius 3 is 2.47 bits per heavy atom. The zero-order chi connectivity index (χ0) is 30.9. The molecule has 0 radical (unpaired) electrons. The van der Waals surface area contributed by atoms with Gasteiger partial charge in [-0.1, -0.05) is 48.5 Å². The van der Waals surface area contributed by atoms with E-state index in [1.807, 2.05) is 40.8 Å². The minimum Gasteiger partial charge on any atom is -0.493 e. The smallest absolute Gasteiger partial charge is 0.247 e. The summed E-state index contributed by atoms with van der Waals surface area (Å²) in [5, 5.41) is 33.2. The first kappa shape index (κ1) is 32.4. The van der Waals surface area contributed by atoms with Gasteiger partial charge in [0.25, 0.3) is 0 Å². The van der Waals surface area contributed by atoms with Crippen molar-refractivity contribution in [1.29, 1.82) is 0 Å². The highest BCUT2D eigenvalue weighted by Crippen LogP contribution is 2.37. The van der Waals surface area contributed by atoms with Gasteiger partial charge in [0.1, 0.15) is 18.0 Å². The number of carbonyl (C=O) groups excluding carboxylic acids is 2. The fourth-order valence-corrected chi connectivity index (χ4v) is 5.76. The molecule has 11 heteroatoms. The van der Waals surface area contributed by atoms with E-state index in [4.69, 9.17) is 9.47 Å². The van der Waals surface area contributed by atoms with Crippen molar-refractivity contribution in [2.75, 3.05) is 20.3 Å². The van der Waals surface area contributed by atoms with Gasteiger partial charge in [-0.25, -0.2) is 4.39 Å². The second-order valence-electron chi connectivity index (χ2n) is 10.1. The van der Waals surface area contributed by atoms with E-state index in [2.05, 4.69) is 5.32 Å². The van der Waals surface area contributed by atoms with Crippen molar-refractivity contribution in [3.8, 4) is 11.5 Å². The van der Waals surface area contributed by atoms with Gasteiger partial charge in [-0.2, -0.15) is 0 Å². The molecule has 0 aromatic heterocycles. The molecule has 1 aliphatic rings. The Labute approximate surface area is 263 Å². The highest BCUT2D eigenvalue weighted by Gasteiger charge is 2.41. The Balaban J connectivity index is 1.75. The molecule has 0 spiro atoms. The van der Waals surface area contributed by atoms with Crippen molar-refractivity contribution in [2.24, 2.45) is 0 Å². The highest BCUT2D eigenvalue weighted by molar-refractivity contribution is 14.1. The van der Waals surface area contributed by atoms with Gasteiger partial charge in [0, 0.05) is 30.6 Å². The SMILES string of the molecule is COc1cc(CO)cc(I)c1O[C@H]1C=C(C(=O)NCCO)C[C@@H](N(Cc2ccccc2F)C(=O)Cc2ccccc2)[C@@H]1O. The van der Waals surface area contributed by atoms with Crippen LogP contribution in [-0.4, -0.2) is 70.5 Å². The number of nitrogens with zero attached hydrogens (tertiary/aromatic N) is 1. The van der Waals surface area contributed by atoms with Crippen LogP contribution in [0.3, 0.4) is 0 Å². The maximum Gasteiger partial charge on any atom is 0.247 e.